The second-order valence-corrected chi connectivity index (χ2v) is 6.69. The molecule has 1 N–H and O–H groups in total. The van der Waals surface area contributed by atoms with Crippen LogP contribution in [0.15, 0.2) is 30.3 Å². The lowest BCUT2D eigenvalue weighted by atomic mass is 10.1. The molecular formula is C21H25NO4. The number of aryl methyl sites for hydroxylation is 2. The molecule has 1 heterocycles. The van der Waals surface area contributed by atoms with Crippen molar-refractivity contribution in [1.29, 1.82) is 0 Å². The zero-order valence-corrected chi connectivity index (χ0v) is 15.7. The van der Waals surface area contributed by atoms with E-state index in [1.807, 2.05) is 52.0 Å². The highest BCUT2D eigenvalue weighted by Crippen LogP contribution is 2.32. The van der Waals surface area contributed by atoms with Gasteiger partial charge in [-0.25, -0.2) is 0 Å². The molecule has 5 heteroatoms. The third-order valence-electron chi connectivity index (χ3n) is 4.57. The quantitative estimate of drug-likeness (QED) is 0.890. The summed E-state index contributed by atoms with van der Waals surface area (Å²) >= 11 is 0. The third kappa shape index (κ3) is 4.10. The lowest BCUT2D eigenvalue weighted by Gasteiger charge is -2.21. The molecule has 1 amide bonds. The first kappa shape index (κ1) is 18.1. The van der Waals surface area contributed by atoms with Crippen molar-refractivity contribution in [1.82, 2.24) is 5.32 Å². The monoisotopic (exact) mass is 355 g/mol. The largest absolute Gasteiger partial charge is 0.486 e. The molecule has 1 aliphatic heterocycles. The first-order valence-corrected chi connectivity index (χ1v) is 8.83. The maximum absolute atomic E-state index is 12.3. The molecule has 0 bridgehead atoms. The summed E-state index contributed by atoms with van der Waals surface area (Å²) < 4.78 is 16.9. The molecule has 0 saturated heterocycles. The molecule has 0 aromatic heterocycles. The van der Waals surface area contributed by atoms with Gasteiger partial charge in [0.15, 0.2) is 18.1 Å². The zero-order valence-electron chi connectivity index (χ0n) is 15.7. The highest BCUT2D eigenvalue weighted by molar-refractivity contribution is 5.78. The molecule has 138 valence electrons. The van der Waals surface area contributed by atoms with Crippen LogP contribution in [0.3, 0.4) is 0 Å². The summed E-state index contributed by atoms with van der Waals surface area (Å²) in [6.07, 6.45) is 0. The smallest absolute Gasteiger partial charge is 0.258 e. The van der Waals surface area contributed by atoms with Crippen LogP contribution in [0, 0.1) is 20.8 Å². The fourth-order valence-electron chi connectivity index (χ4n) is 2.99. The van der Waals surface area contributed by atoms with Crippen molar-refractivity contribution in [3.8, 4) is 17.2 Å². The molecule has 26 heavy (non-hydrogen) atoms. The average molecular weight is 355 g/mol. The molecule has 0 radical (unpaired) electrons. The molecule has 0 unspecified atom stereocenters. The van der Waals surface area contributed by atoms with Crippen molar-refractivity contribution in [2.24, 2.45) is 0 Å². The van der Waals surface area contributed by atoms with Crippen LogP contribution in [0.25, 0.3) is 0 Å². The molecule has 0 saturated carbocycles. The summed E-state index contributed by atoms with van der Waals surface area (Å²) in [5, 5.41) is 2.96. The number of amides is 1. The third-order valence-corrected chi connectivity index (χ3v) is 4.57. The van der Waals surface area contributed by atoms with Crippen molar-refractivity contribution in [3.05, 3.63) is 52.6 Å². The molecule has 0 spiro atoms. The Morgan fingerprint density at radius 1 is 1.12 bits per heavy atom. The zero-order chi connectivity index (χ0) is 18.7. The standard InChI is InChI=1S/C21H25NO4/c1-13-9-14(2)15(3)19(10-13)26-12-21(23)22-16(4)17-5-6-18-20(11-17)25-8-7-24-18/h5-6,9-11,16H,7-8,12H2,1-4H3,(H,22,23)/t16-/m1/s1. The van der Waals surface area contributed by atoms with E-state index in [1.54, 1.807) is 0 Å². The maximum Gasteiger partial charge on any atom is 0.258 e. The van der Waals surface area contributed by atoms with E-state index in [1.165, 1.54) is 0 Å². The van der Waals surface area contributed by atoms with Crippen LogP contribution in [0.2, 0.25) is 0 Å². The first-order valence-electron chi connectivity index (χ1n) is 8.83. The SMILES string of the molecule is Cc1cc(C)c(C)c(OCC(=O)N[C@H](C)c2ccc3c(c2)OCCO3)c1. The maximum atomic E-state index is 12.3. The predicted octanol–water partition coefficient (Wildman–Crippen LogP) is 3.64. The van der Waals surface area contributed by atoms with Gasteiger partial charge in [0.25, 0.3) is 5.91 Å². The molecule has 1 atom stereocenters. The van der Waals surface area contributed by atoms with Gasteiger partial charge in [-0.15, -0.1) is 0 Å². The Morgan fingerprint density at radius 3 is 2.62 bits per heavy atom. The highest BCUT2D eigenvalue weighted by Gasteiger charge is 2.16. The number of fused-ring (bicyclic) bond motifs is 1. The minimum Gasteiger partial charge on any atom is -0.486 e. The highest BCUT2D eigenvalue weighted by atomic mass is 16.6. The Kier molecular flexibility index (Phi) is 5.35. The normalized spacial score (nSPS) is 13.8. The summed E-state index contributed by atoms with van der Waals surface area (Å²) in [5.74, 6) is 2.06. The summed E-state index contributed by atoms with van der Waals surface area (Å²) in [6, 6.07) is 9.64. The molecule has 5 nitrogen and oxygen atoms in total. The van der Waals surface area contributed by atoms with Crippen molar-refractivity contribution in [2.45, 2.75) is 33.7 Å². The average Bonchev–Trinajstić information content (AvgIpc) is 2.63. The van der Waals surface area contributed by atoms with E-state index in [0.29, 0.717) is 13.2 Å². The Hall–Kier alpha value is -2.69. The van der Waals surface area contributed by atoms with Gasteiger partial charge in [-0.05, 0) is 68.1 Å². The van der Waals surface area contributed by atoms with Crippen molar-refractivity contribution in [2.75, 3.05) is 19.8 Å². The van der Waals surface area contributed by atoms with Crippen molar-refractivity contribution in [3.63, 3.8) is 0 Å². The van der Waals surface area contributed by atoms with E-state index in [-0.39, 0.29) is 18.6 Å². The molecule has 2 aromatic rings. The van der Waals surface area contributed by atoms with Crippen LogP contribution in [-0.2, 0) is 4.79 Å². The minimum atomic E-state index is -0.161. The van der Waals surface area contributed by atoms with Gasteiger partial charge in [-0.2, -0.15) is 0 Å². The number of carbonyl (C=O) groups excluding carboxylic acids is 1. The molecule has 0 fully saturated rings. The van der Waals surface area contributed by atoms with Gasteiger partial charge in [-0.3, -0.25) is 4.79 Å². The molecule has 1 aliphatic rings. The Morgan fingerprint density at radius 2 is 1.85 bits per heavy atom. The van der Waals surface area contributed by atoms with Crippen LogP contribution >= 0.6 is 0 Å². The van der Waals surface area contributed by atoms with Crippen LogP contribution in [0.5, 0.6) is 17.2 Å². The number of nitrogens with one attached hydrogen (secondary N) is 1. The van der Waals surface area contributed by atoms with Crippen LogP contribution in [-0.4, -0.2) is 25.7 Å². The van der Waals surface area contributed by atoms with Crippen molar-refractivity contribution >= 4 is 5.91 Å². The van der Waals surface area contributed by atoms with E-state index < -0.39 is 0 Å². The number of carbonyl (C=O) groups is 1. The van der Waals surface area contributed by atoms with Crippen molar-refractivity contribution < 1.29 is 19.0 Å². The second kappa shape index (κ2) is 7.68. The van der Waals surface area contributed by atoms with E-state index >= 15 is 0 Å². The topological polar surface area (TPSA) is 56.8 Å². The number of ether oxygens (including phenoxy) is 3. The molecule has 2 aromatic carbocycles. The van der Waals surface area contributed by atoms with Crippen LogP contribution < -0.4 is 19.5 Å². The Labute approximate surface area is 154 Å². The summed E-state index contributed by atoms with van der Waals surface area (Å²) in [6.45, 7) is 9.08. The number of hydrogen-bond acceptors (Lipinski definition) is 4. The number of hydrogen-bond donors (Lipinski definition) is 1. The van der Waals surface area contributed by atoms with E-state index in [0.717, 1.165) is 39.5 Å². The van der Waals surface area contributed by atoms with E-state index in [2.05, 4.69) is 11.4 Å². The Bertz CT molecular complexity index is 816. The summed E-state index contributed by atoms with van der Waals surface area (Å²) in [7, 11) is 0. The first-order chi connectivity index (χ1) is 12.4. The number of rotatable bonds is 5. The van der Waals surface area contributed by atoms with Gasteiger partial charge >= 0.3 is 0 Å². The fourth-order valence-corrected chi connectivity index (χ4v) is 2.99. The number of benzene rings is 2. The van der Waals surface area contributed by atoms with Crippen LogP contribution in [0.4, 0.5) is 0 Å². The van der Waals surface area contributed by atoms with E-state index in [4.69, 9.17) is 14.2 Å². The molecular weight excluding hydrogens is 330 g/mol. The lowest BCUT2D eigenvalue weighted by molar-refractivity contribution is -0.123. The second-order valence-electron chi connectivity index (χ2n) is 6.69. The lowest BCUT2D eigenvalue weighted by Crippen LogP contribution is -2.31. The summed E-state index contributed by atoms with van der Waals surface area (Å²) in [4.78, 5) is 12.3. The predicted molar refractivity (Wildman–Crippen MR) is 100 cm³/mol. The van der Waals surface area contributed by atoms with Gasteiger partial charge in [0.05, 0.1) is 6.04 Å². The van der Waals surface area contributed by atoms with Gasteiger partial charge in [0, 0.05) is 0 Å². The Balaban J connectivity index is 1.60. The summed E-state index contributed by atoms with van der Waals surface area (Å²) in [5.41, 5.74) is 4.30. The minimum absolute atomic E-state index is 0.0153. The molecule has 0 aliphatic carbocycles. The van der Waals surface area contributed by atoms with Crippen LogP contribution in [0.1, 0.15) is 35.2 Å². The van der Waals surface area contributed by atoms with E-state index in [9.17, 15) is 4.79 Å². The van der Waals surface area contributed by atoms with Gasteiger partial charge in [0.2, 0.25) is 0 Å². The molecule has 3 rings (SSSR count). The van der Waals surface area contributed by atoms with Gasteiger partial charge in [-0.1, -0.05) is 12.1 Å². The van der Waals surface area contributed by atoms with Gasteiger partial charge < -0.3 is 19.5 Å². The fraction of sp³-hybridized carbons (Fsp3) is 0.381. The van der Waals surface area contributed by atoms with Gasteiger partial charge in [0.1, 0.15) is 19.0 Å².